The van der Waals surface area contributed by atoms with E-state index in [0.717, 1.165) is 28.4 Å². The second-order valence-corrected chi connectivity index (χ2v) is 7.30. The van der Waals surface area contributed by atoms with Gasteiger partial charge in [0.05, 0.1) is 0 Å². The van der Waals surface area contributed by atoms with Gasteiger partial charge in [-0.1, -0.05) is 42.0 Å². The molecule has 0 heterocycles. The quantitative estimate of drug-likeness (QED) is 0.241. The molecule has 126 valence electrons. The number of ether oxygens (including phenoxy) is 1. The normalized spacial score (nSPS) is 10.3. The lowest BCUT2D eigenvalue weighted by molar-refractivity contribution is -0.134. The highest BCUT2D eigenvalue weighted by Crippen LogP contribution is 2.23. The maximum Gasteiger partial charge on any atom is 0.311 e. The zero-order valence-corrected chi connectivity index (χ0v) is 16.4. The van der Waals surface area contributed by atoms with Crippen LogP contribution in [0.2, 0.25) is 0 Å². The summed E-state index contributed by atoms with van der Waals surface area (Å²) in [6.07, 6.45) is 5.07. The van der Waals surface area contributed by atoms with Gasteiger partial charge in [0.2, 0.25) is 0 Å². The third-order valence-electron chi connectivity index (χ3n) is 3.67. The summed E-state index contributed by atoms with van der Waals surface area (Å²) < 4.78 is 6.75. The van der Waals surface area contributed by atoms with E-state index in [2.05, 4.69) is 60.7 Å². The van der Waals surface area contributed by atoms with E-state index in [1.807, 2.05) is 30.3 Å². The number of halogens is 1. The fraction of sp³-hybridized carbons (Fsp3) is 0.286. The van der Waals surface area contributed by atoms with Crippen molar-refractivity contribution in [1.82, 2.24) is 0 Å². The van der Waals surface area contributed by atoms with Gasteiger partial charge in [0.15, 0.2) is 0 Å². The third kappa shape index (κ3) is 6.48. The maximum absolute atomic E-state index is 12.1. The molecular weight excluding hydrogens is 411 g/mol. The highest BCUT2D eigenvalue weighted by molar-refractivity contribution is 14.1. The smallest absolute Gasteiger partial charge is 0.311 e. The van der Waals surface area contributed by atoms with Gasteiger partial charge in [0, 0.05) is 9.99 Å². The van der Waals surface area contributed by atoms with Crippen LogP contribution in [-0.4, -0.2) is 5.97 Å². The molecule has 2 aromatic rings. The molecule has 0 aliphatic carbocycles. The molecule has 0 N–H and O–H groups in total. The SMILES string of the molecule is CC(C)=CCc1cc(I)ccc1OC(=O)CCCc1ccccc1. The predicted molar refractivity (Wildman–Crippen MR) is 107 cm³/mol. The molecule has 0 aliphatic heterocycles. The van der Waals surface area contributed by atoms with Crippen molar-refractivity contribution in [3.8, 4) is 5.75 Å². The van der Waals surface area contributed by atoms with Crippen LogP contribution in [0, 0.1) is 3.57 Å². The van der Waals surface area contributed by atoms with Crippen LogP contribution in [0.5, 0.6) is 5.75 Å². The van der Waals surface area contributed by atoms with Gasteiger partial charge in [-0.25, -0.2) is 0 Å². The number of hydrogen-bond acceptors (Lipinski definition) is 2. The summed E-state index contributed by atoms with van der Waals surface area (Å²) in [7, 11) is 0. The molecule has 2 nitrogen and oxygen atoms in total. The number of carbonyl (C=O) groups excluding carboxylic acids is 1. The Kier molecular flexibility index (Phi) is 7.50. The Morgan fingerprint density at radius 2 is 1.88 bits per heavy atom. The minimum atomic E-state index is -0.161. The standard InChI is InChI=1S/C21H23IO2/c1-16(2)11-12-18-15-19(22)13-14-20(18)24-21(23)10-6-9-17-7-4-3-5-8-17/h3-5,7-8,11,13-15H,6,9-10,12H2,1-2H3. The van der Waals surface area contributed by atoms with Crippen molar-refractivity contribution in [2.45, 2.75) is 39.5 Å². The molecule has 0 fully saturated rings. The van der Waals surface area contributed by atoms with Crippen LogP contribution in [-0.2, 0) is 17.6 Å². The first-order valence-corrected chi connectivity index (χ1v) is 9.29. The van der Waals surface area contributed by atoms with Gasteiger partial charge in [0.25, 0.3) is 0 Å². The Balaban J connectivity index is 1.92. The molecule has 2 aromatic carbocycles. The summed E-state index contributed by atoms with van der Waals surface area (Å²) in [5.74, 6) is 0.517. The minimum absolute atomic E-state index is 0.161. The van der Waals surface area contributed by atoms with Gasteiger partial charge in [-0.2, -0.15) is 0 Å². The summed E-state index contributed by atoms with van der Waals surface area (Å²) in [5.41, 5.74) is 3.57. The fourth-order valence-electron chi connectivity index (χ4n) is 2.38. The molecule has 0 atom stereocenters. The lowest BCUT2D eigenvalue weighted by Gasteiger charge is -2.10. The predicted octanol–water partition coefficient (Wildman–Crippen LogP) is 5.73. The third-order valence-corrected chi connectivity index (χ3v) is 4.34. The monoisotopic (exact) mass is 434 g/mol. The van der Waals surface area contributed by atoms with Gasteiger partial charge < -0.3 is 4.74 Å². The number of carbonyl (C=O) groups is 1. The zero-order valence-electron chi connectivity index (χ0n) is 14.2. The Bertz CT molecular complexity index is 701. The Labute approximate surface area is 158 Å². The van der Waals surface area contributed by atoms with Crippen molar-refractivity contribution in [3.05, 3.63) is 74.9 Å². The lowest BCUT2D eigenvalue weighted by Crippen LogP contribution is -2.09. The Morgan fingerprint density at radius 1 is 1.12 bits per heavy atom. The van der Waals surface area contributed by atoms with Gasteiger partial charge in [0.1, 0.15) is 5.75 Å². The van der Waals surface area contributed by atoms with Crippen LogP contribution < -0.4 is 4.74 Å². The number of benzene rings is 2. The molecule has 24 heavy (non-hydrogen) atoms. The number of rotatable bonds is 7. The van der Waals surface area contributed by atoms with E-state index in [1.165, 1.54) is 11.1 Å². The molecule has 0 radical (unpaired) electrons. The van der Waals surface area contributed by atoms with Crippen LogP contribution in [0.4, 0.5) is 0 Å². The number of allylic oxidation sites excluding steroid dienone is 2. The molecule has 3 heteroatoms. The molecule has 0 bridgehead atoms. The van der Waals surface area contributed by atoms with E-state index in [-0.39, 0.29) is 5.97 Å². The van der Waals surface area contributed by atoms with Crippen LogP contribution in [0.25, 0.3) is 0 Å². The van der Waals surface area contributed by atoms with E-state index in [4.69, 9.17) is 4.74 Å². The second-order valence-electron chi connectivity index (χ2n) is 6.05. The van der Waals surface area contributed by atoms with Crippen LogP contribution >= 0.6 is 22.6 Å². The summed E-state index contributed by atoms with van der Waals surface area (Å²) in [4.78, 5) is 12.1. The molecule has 0 aliphatic rings. The van der Waals surface area contributed by atoms with E-state index in [9.17, 15) is 4.79 Å². The number of esters is 1. The van der Waals surface area contributed by atoms with Crippen molar-refractivity contribution in [3.63, 3.8) is 0 Å². The van der Waals surface area contributed by atoms with Gasteiger partial charge in [-0.3, -0.25) is 4.79 Å². The summed E-state index contributed by atoms with van der Waals surface area (Å²) in [5, 5.41) is 0. The Hall–Kier alpha value is -1.62. The van der Waals surface area contributed by atoms with Gasteiger partial charge >= 0.3 is 5.97 Å². The van der Waals surface area contributed by atoms with E-state index >= 15 is 0 Å². The largest absolute Gasteiger partial charge is 0.426 e. The Morgan fingerprint density at radius 3 is 2.58 bits per heavy atom. The summed E-state index contributed by atoms with van der Waals surface area (Å²) in [6.45, 7) is 4.15. The number of aryl methyl sites for hydroxylation is 1. The van der Waals surface area contributed by atoms with Crippen molar-refractivity contribution < 1.29 is 9.53 Å². The second kappa shape index (κ2) is 9.62. The molecule has 0 saturated carbocycles. The molecule has 0 unspecified atom stereocenters. The molecule has 0 amide bonds. The lowest BCUT2D eigenvalue weighted by atomic mass is 10.1. The highest BCUT2D eigenvalue weighted by Gasteiger charge is 2.09. The van der Waals surface area contributed by atoms with E-state index in [0.29, 0.717) is 12.2 Å². The summed E-state index contributed by atoms with van der Waals surface area (Å²) in [6, 6.07) is 16.2. The molecule has 2 rings (SSSR count). The van der Waals surface area contributed by atoms with Crippen LogP contribution in [0.15, 0.2) is 60.2 Å². The maximum atomic E-state index is 12.1. The summed E-state index contributed by atoms with van der Waals surface area (Å²) >= 11 is 2.28. The fourth-order valence-corrected chi connectivity index (χ4v) is 2.93. The topological polar surface area (TPSA) is 26.3 Å². The van der Waals surface area contributed by atoms with Crippen molar-refractivity contribution >= 4 is 28.6 Å². The van der Waals surface area contributed by atoms with Crippen LogP contribution in [0.3, 0.4) is 0 Å². The molecule has 0 spiro atoms. The van der Waals surface area contributed by atoms with Crippen molar-refractivity contribution in [1.29, 1.82) is 0 Å². The average Bonchev–Trinajstić information content (AvgIpc) is 2.56. The van der Waals surface area contributed by atoms with Crippen molar-refractivity contribution in [2.75, 3.05) is 0 Å². The minimum Gasteiger partial charge on any atom is -0.426 e. The zero-order chi connectivity index (χ0) is 17.4. The first-order chi connectivity index (χ1) is 11.5. The van der Waals surface area contributed by atoms with Gasteiger partial charge in [-0.05, 0) is 85.0 Å². The van der Waals surface area contributed by atoms with E-state index in [1.54, 1.807) is 0 Å². The molecule has 0 aromatic heterocycles. The van der Waals surface area contributed by atoms with Crippen molar-refractivity contribution in [2.24, 2.45) is 0 Å². The molecule has 0 saturated heterocycles. The van der Waals surface area contributed by atoms with Gasteiger partial charge in [-0.15, -0.1) is 0 Å². The number of hydrogen-bond donors (Lipinski definition) is 0. The highest BCUT2D eigenvalue weighted by atomic mass is 127. The van der Waals surface area contributed by atoms with E-state index < -0.39 is 0 Å². The first kappa shape index (κ1) is 18.7. The van der Waals surface area contributed by atoms with Crippen LogP contribution in [0.1, 0.15) is 37.8 Å². The average molecular weight is 434 g/mol. The molecular formula is C21H23IO2. The first-order valence-electron chi connectivity index (χ1n) is 8.21.